The fraction of sp³-hybridized carbons (Fsp3) is 0.500. The van der Waals surface area contributed by atoms with Gasteiger partial charge in [-0.15, -0.1) is 11.6 Å². The van der Waals surface area contributed by atoms with Crippen LogP contribution in [0.15, 0.2) is 0 Å². The van der Waals surface area contributed by atoms with Crippen LogP contribution in [0, 0.1) is 11.3 Å². The van der Waals surface area contributed by atoms with Gasteiger partial charge in [-0.1, -0.05) is 0 Å². The summed E-state index contributed by atoms with van der Waals surface area (Å²) in [6.45, 7) is -0.00954. The Morgan fingerprint density at radius 1 is 1.50 bits per heavy atom. The van der Waals surface area contributed by atoms with E-state index in [1.54, 1.807) is 6.07 Å². The molecule has 66 valence electrons. The third-order valence-electron chi connectivity index (χ3n) is 1.07. The van der Waals surface area contributed by atoms with E-state index in [1.165, 1.54) is 0 Å². The summed E-state index contributed by atoms with van der Waals surface area (Å²) in [5, 5.41) is 7.27. The summed E-state index contributed by atoms with van der Waals surface area (Å²) >= 11 is 10.2. The molecule has 12 heavy (non-hydrogen) atoms. The van der Waals surface area contributed by atoms with Gasteiger partial charge >= 0.3 is 5.37 Å². The first-order valence-electron chi connectivity index (χ1n) is 3.06. The molecule has 4 nitrogen and oxygen atoms in total. The van der Waals surface area contributed by atoms with Crippen LogP contribution in [0.2, 0.25) is 0 Å². The molecule has 0 spiro atoms. The van der Waals surface area contributed by atoms with E-state index in [1.807, 2.05) is 0 Å². The Morgan fingerprint density at radius 2 is 2.08 bits per heavy atom. The number of amides is 2. The molecule has 0 aliphatic heterocycles. The molecule has 0 aromatic rings. The summed E-state index contributed by atoms with van der Waals surface area (Å²) in [5.41, 5.74) is 0. The van der Waals surface area contributed by atoms with Crippen LogP contribution in [-0.4, -0.2) is 28.6 Å². The summed E-state index contributed by atoms with van der Waals surface area (Å²) in [5.74, 6) is -0.906. The lowest BCUT2D eigenvalue weighted by atomic mass is 10.4. The van der Waals surface area contributed by atoms with Gasteiger partial charge in [0.1, 0.15) is 5.88 Å². The fourth-order valence-electron chi connectivity index (χ4n) is 0.545. The molecule has 0 rings (SSSR count). The lowest BCUT2D eigenvalue weighted by Crippen LogP contribution is -2.34. The van der Waals surface area contributed by atoms with Gasteiger partial charge in [-0.3, -0.25) is 14.5 Å². The van der Waals surface area contributed by atoms with Crippen LogP contribution in [0.5, 0.6) is 0 Å². The molecule has 0 saturated carbocycles. The Balaban J connectivity index is 4.15. The van der Waals surface area contributed by atoms with Crippen molar-refractivity contribution in [2.45, 2.75) is 6.42 Å². The highest BCUT2D eigenvalue weighted by atomic mass is 35.5. The number of nitrogens with zero attached hydrogens (tertiary/aromatic N) is 2. The Bertz CT molecular complexity index is 224. The third kappa shape index (κ3) is 3.56. The minimum atomic E-state index is -0.907. The molecular weight excluding hydrogens is 203 g/mol. The zero-order valence-electron chi connectivity index (χ0n) is 6.09. The van der Waals surface area contributed by atoms with Crippen LogP contribution in [0.25, 0.3) is 0 Å². The van der Waals surface area contributed by atoms with Crippen LogP contribution in [0.3, 0.4) is 0 Å². The number of rotatable bonds is 3. The van der Waals surface area contributed by atoms with Crippen molar-refractivity contribution in [3.8, 4) is 6.07 Å². The number of hydrogen-bond donors (Lipinski definition) is 0. The van der Waals surface area contributed by atoms with Crippen LogP contribution < -0.4 is 0 Å². The van der Waals surface area contributed by atoms with Gasteiger partial charge < -0.3 is 0 Å². The summed E-state index contributed by atoms with van der Waals surface area (Å²) < 4.78 is 0. The smallest absolute Gasteiger partial charge is 0.273 e. The summed E-state index contributed by atoms with van der Waals surface area (Å²) in [4.78, 5) is 22.1. The molecule has 0 heterocycles. The highest BCUT2D eigenvalue weighted by molar-refractivity contribution is 6.64. The van der Waals surface area contributed by atoms with E-state index in [0.717, 1.165) is 4.90 Å². The number of carbonyl (C=O) groups excluding carboxylic acids is 2. The monoisotopic (exact) mass is 208 g/mol. The SMILES string of the molecule is N#CCCN(C(=O)Cl)C(=O)CCl. The minimum Gasteiger partial charge on any atom is -0.273 e. The Hall–Kier alpha value is -0.790. The largest absolute Gasteiger partial charge is 0.323 e. The van der Waals surface area contributed by atoms with Gasteiger partial charge in [-0.05, 0) is 11.6 Å². The van der Waals surface area contributed by atoms with Gasteiger partial charge in [-0.2, -0.15) is 5.26 Å². The van der Waals surface area contributed by atoms with Gasteiger partial charge in [0.25, 0.3) is 0 Å². The molecule has 0 aliphatic rings. The van der Waals surface area contributed by atoms with E-state index in [4.69, 9.17) is 28.5 Å². The zero-order chi connectivity index (χ0) is 9.56. The van der Waals surface area contributed by atoms with E-state index in [-0.39, 0.29) is 18.8 Å². The fourth-order valence-corrected chi connectivity index (χ4v) is 0.868. The maximum absolute atomic E-state index is 10.8. The Morgan fingerprint density at radius 3 is 2.42 bits per heavy atom. The van der Waals surface area contributed by atoms with Gasteiger partial charge in [0.15, 0.2) is 0 Å². The van der Waals surface area contributed by atoms with E-state index >= 15 is 0 Å². The van der Waals surface area contributed by atoms with Crippen molar-refractivity contribution in [3.05, 3.63) is 0 Å². The molecule has 2 amide bonds. The summed E-state index contributed by atoms with van der Waals surface area (Å²) in [7, 11) is 0. The predicted octanol–water partition coefficient (Wildman–Crippen LogP) is 1.33. The quantitative estimate of drug-likeness (QED) is 0.400. The Kier molecular flexibility index (Phi) is 5.43. The normalized spacial score (nSPS) is 8.75. The van der Waals surface area contributed by atoms with E-state index in [2.05, 4.69) is 0 Å². The van der Waals surface area contributed by atoms with Gasteiger partial charge in [0.2, 0.25) is 5.91 Å². The van der Waals surface area contributed by atoms with Gasteiger partial charge in [0, 0.05) is 6.54 Å². The van der Waals surface area contributed by atoms with Crippen LogP contribution in [0.4, 0.5) is 4.79 Å². The van der Waals surface area contributed by atoms with Gasteiger partial charge in [-0.25, -0.2) is 0 Å². The predicted molar refractivity (Wildman–Crippen MR) is 43.9 cm³/mol. The lowest BCUT2D eigenvalue weighted by molar-refractivity contribution is -0.125. The second-order valence-electron chi connectivity index (χ2n) is 1.84. The van der Waals surface area contributed by atoms with E-state index in [9.17, 15) is 9.59 Å². The first kappa shape index (κ1) is 11.2. The standard InChI is InChI=1S/C6H6Cl2N2O2/c7-4-5(11)10(6(8)12)3-1-2-9/h1,3-4H2. The number of nitriles is 1. The van der Waals surface area contributed by atoms with Crippen molar-refractivity contribution in [2.75, 3.05) is 12.4 Å². The molecule has 0 bridgehead atoms. The molecule has 0 N–H and O–H groups in total. The summed E-state index contributed by atoms with van der Waals surface area (Å²) in [6.07, 6.45) is 0.0566. The minimum absolute atomic E-state index is 0.00954. The summed E-state index contributed by atoms with van der Waals surface area (Å²) in [6, 6.07) is 1.78. The van der Waals surface area contributed by atoms with Gasteiger partial charge in [0.05, 0.1) is 12.5 Å². The van der Waals surface area contributed by atoms with Crippen molar-refractivity contribution in [1.29, 1.82) is 5.26 Å². The molecule has 6 heteroatoms. The average Bonchev–Trinajstić information content (AvgIpc) is 2.04. The maximum atomic E-state index is 10.8. The molecule has 0 atom stereocenters. The molecule has 0 radical (unpaired) electrons. The Labute approximate surface area is 79.6 Å². The molecule has 0 fully saturated rings. The van der Waals surface area contributed by atoms with Crippen molar-refractivity contribution in [1.82, 2.24) is 4.90 Å². The molecular formula is C6H6Cl2N2O2. The second kappa shape index (κ2) is 5.81. The molecule has 0 aromatic carbocycles. The number of halogens is 2. The van der Waals surface area contributed by atoms with E-state index in [0.29, 0.717) is 0 Å². The van der Waals surface area contributed by atoms with Crippen molar-refractivity contribution in [2.24, 2.45) is 0 Å². The highest BCUT2D eigenvalue weighted by Gasteiger charge is 2.17. The first-order chi connectivity index (χ1) is 5.63. The van der Waals surface area contributed by atoms with Crippen molar-refractivity contribution < 1.29 is 9.59 Å². The topological polar surface area (TPSA) is 61.2 Å². The van der Waals surface area contributed by atoms with E-state index < -0.39 is 11.3 Å². The first-order valence-corrected chi connectivity index (χ1v) is 3.97. The zero-order valence-corrected chi connectivity index (χ0v) is 7.60. The average molecular weight is 209 g/mol. The maximum Gasteiger partial charge on any atom is 0.323 e. The highest BCUT2D eigenvalue weighted by Crippen LogP contribution is 2.00. The molecule has 0 unspecified atom stereocenters. The van der Waals surface area contributed by atoms with Crippen molar-refractivity contribution in [3.63, 3.8) is 0 Å². The molecule has 0 aliphatic carbocycles. The number of imide groups is 1. The van der Waals surface area contributed by atoms with Crippen LogP contribution in [-0.2, 0) is 4.79 Å². The second-order valence-corrected chi connectivity index (χ2v) is 2.43. The van der Waals surface area contributed by atoms with Crippen molar-refractivity contribution >= 4 is 34.5 Å². The number of carbonyl (C=O) groups is 2. The number of hydrogen-bond acceptors (Lipinski definition) is 3. The van der Waals surface area contributed by atoms with Crippen LogP contribution in [0.1, 0.15) is 6.42 Å². The van der Waals surface area contributed by atoms with Crippen LogP contribution >= 0.6 is 23.2 Å². The lowest BCUT2D eigenvalue weighted by Gasteiger charge is -2.13. The number of alkyl halides is 1. The third-order valence-corrected chi connectivity index (χ3v) is 1.51. The molecule has 0 aromatic heterocycles. The molecule has 0 saturated heterocycles.